The Balaban J connectivity index is 0. The van der Waals surface area contributed by atoms with Crippen molar-refractivity contribution in [2.45, 2.75) is 6.18 Å². The first kappa shape index (κ1) is 15.7. The van der Waals surface area contributed by atoms with Gasteiger partial charge in [0.25, 0.3) is 0 Å². The molecule has 2 N–H and O–H groups in total. The molecular formula is C7H5BClF3O2. The van der Waals surface area contributed by atoms with Crippen molar-refractivity contribution < 1.29 is 24.1 Å². The molecule has 0 radical (unpaired) electrons. The minimum Gasteiger partial charge on any atom is -0.870 e. The van der Waals surface area contributed by atoms with Crippen molar-refractivity contribution in [1.29, 1.82) is 0 Å². The van der Waals surface area contributed by atoms with E-state index in [0.29, 0.717) is 0 Å². The molecule has 0 heterocycles. The van der Waals surface area contributed by atoms with Crippen LogP contribution in [0.25, 0.3) is 0 Å². The summed E-state index contributed by atoms with van der Waals surface area (Å²) in [7, 11) is 5.17. The van der Waals surface area contributed by atoms with Crippen molar-refractivity contribution in [2.75, 3.05) is 0 Å². The smallest absolute Gasteiger partial charge is 0.870 e. The first-order valence-electron chi connectivity index (χ1n) is 3.03. The van der Waals surface area contributed by atoms with E-state index in [1.165, 1.54) is 6.07 Å². The van der Waals surface area contributed by atoms with Crippen molar-refractivity contribution in [3.8, 4) is 0 Å². The van der Waals surface area contributed by atoms with Crippen LogP contribution < -0.4 is 5.46 Å². The van der Waals surface area contributed by atoms with E-state index in [9.17, 15) is 13.2 Å². The molecule has 2 nitrogen and oxygen atoms in total. The molecule has 0 fully saturated rings. The van der Waals surface area contributed by atoms with Crippen LogP contribution >= 0.6 is 11.6 Å². The van der Waals surface area contributed by atoms with Gasteiger partial charge in [-0.1, -0.05) is 0 Å². The summed E-state index contributed by atoms with van der Waals surface area (Å²) in [6.07, 6.45) is -4.44. The summed E-state index contributed by atoms with van der Waals surface area (Å²) in [4.78, 5) is 0. The summed E-state index contributed by atoms with van der Waals surface area (Å²) < 4.78 is 36.3. The van der Waals surface area contributed by atoms with Gasteiger partial charge in [0.15, 0.2) is 0 Å². The fraction of sp³-hybridized carbons (Fsp3) is 0.143. The van der Waals surface area contributed by atoms with Crippen LogP contribution in [0.3, 0.4) is 0 Å². The molecule has 76 valence electrons. The summed E-state index contributed by atoms with van der Waals surface area (Å²) in [6, 6.07) is 3.25. The van der Waals surface area contributed by atoms with E-state index in [1.807, 2.05) is 0 Å². The number of halogens is 4. The van der Waals surface area contributed by atoms with E-state index in [2.05, 4.69) is 0 Å². The van der Waals surface area contributed by atoms with E-state index < -0.39 is 11.7 Å². The van der Waals surface area contributed by atoms with E-state index in [1.54, 1.807) is 0 Å². The first-order valence-corrected chi connectivity index (χ1v) is 3.41. The third kappa shape index (κ3) is 3.57. The monoisotopic (exact) mass is 224 g/mol. The number of hydrogen-bond acceptors (Lipinski definition) is 2. The molecular weight excluding hydrogens is 219 g/mol. The second kappa shape index (κ2) is 5.24. The predicted molar refractivity (Wildman–Crippen MR) is 45.7 cm³/mol. The van der Waals surface area contributed by atoms with Crippen LogP contribution in [0.5, 0.6) is 0 Å². The minimum atomic E-state index is -4.44. The predicted octanol–water partition coefficient (Wildman–Crippen LogP) is 1.80. The van der Waals surface area contributed by atoms with Gasteiger partial charge >= 0.3 is 73.0 Å². The third-order valence-electron chi connectivity index (χ3n) is 1.30. The number of hydrogen-bond donors (Lipinski definition) is 0. The van der Waals surface area contributed by atoms with E-state index in [-0.39, 0.29) is 21.4 Å². The van der Waals surface area contributed by atoms with Crippen molar-refractivity contribution in [2.24, 2.45) is 0 Å². The Morgan fingerprint density at radius 1 is 1.14 bits per heavy atom. The molecule has 0 atom stereocenters. The molecule has 0 saturated heterocycles. The van der Waals surface area contributed by atoms with Crippen LogP contribution in [0.4, 0.5) is 13.2 Å². The molecule has 0 aliphatic rings. The zero-order valence-corrected chi connectivity index (χ0v) is 7.47. The largest absolute Gasteiger partial charge is 0.870 e. The van der Waals surface area contributed by atoms with Crippen LogP contribution in [-0.2, 0) is 6.18 Å². The molecule has 0 aliphatic heterocycles. The van der Waals surface area contributed by atoms with Crippen molar-refractivity contribution >= 4 is 24.9 Å². The van der Waals surface area contributed by atoms with E-state index in [0.717, 1.165) is 12.1 Å². The van der Waals surface area contributed by atoms with E-state index in [4.69, 9.17) is 19.4 Å². The molecule has 0 aliphatic carbocycles. The van der Waals surface area contributed by atoms with Gasteiger partial charge in [-0.15, -0.1) is 0 Å². The third-order valence-corrected chi connectivity index (χ3v) is 1.63. The van der Waals surface area contributed by atoms with Crippen molar-refractivity contribution in [3.05, 3.63) is 28.8 Å². The molecule has 0 bridgehead atoms. The molecule has 0 amide bonds. The van der Waals surface area contributed by atoms with Gasteiger partial charge in [-0.2, -0.15) is 0 Å². The van der Waals surface area contributed by atoms with Crippen LogP contribution in [0.2, 0.25) is 5.02 Å². The summed E-state index contributed by atoms with van der Waals surface area (Å²) in [6.45, 7) is 0. The Bertz CT molecular complexity index is 303. The number of alkyl halides is 3. The normalized spacial score (nSPS) is 10.1. The molecule has 1 rings (SSSR count). The van der Waals surface area contributed by atoms with Crippen molar-refractivity contribution in [3.63, 3.8) is 0 Å². The Labute approximate surface area is 84.7 Å². The van der Waals surface area contributed by atoms with Gasteiger partial charge in [0.05, 0.1) is 0 Å². The fourth-order valence-electron chi connectivity index (χ4n) is 0.760. The molecule has 14 heavy (non-hydrogen) atoms. The van der Waals surface area contributed by atoms with Crippen LogP contribution in [0.1, 0.15) is 5.56 Å². The Morgan fingerprint density at radius 3 is 2.00 bits per heavy atom. The molecule has 0 saturated carbocycles. The number of rotatable bonds is 0. The van der Waals surface area contributed by atoms with Gasteiger partial charge in [0.2, 0.25) is 0 Å². The van der Waals surface area contributed by atoms with Gasteiger partial charge < -0.3 is 11.0 Å². The average Bonchev–Trinajstić information content (AvgIpc) is 1.92. The van der Waals surface area contributed by atoms with Gasteiger partial charge in [-0.25, -0.2) is 0 Å². The Morgan fingerprint density at radius 2 is 1.64 bits per heavy atom. The first-order chi connectivity index (χ1) is 5.41. The van der Waals surface area contributed by atoms with Gasteiger partial charge in [-0.05, 0) is 0 Å². The summed E-state index contributed by atoms with van der Waals surface area (Å²) >= 11 is 5.31. The molecule has 0 unspecified atom stereocenters. The maximum Gasteiger partial charge on any atom is -0.870 e. The second-order valence-electron chi connectivity index (χ2n) is 2.24. The van der Waals surface area contributed by atoms with Crippen LogP contribution in [-0.4, -0.2) is 18.8 Å². The minimum absolute atomic E-state index is 0. The van der Waals surface area contributed by atoms with Crippen LogP contribution in [0, 0.1) is 0 Å². The Kier molecular flexibility index (Phi) is 5.89. The average molecular weight is 224 g/mol. The Hall–Kier alpha value is -0.715. The second-order valence-corrected chi connectivity index (χ2v) is 2.64. The van der Waals surface area contributed by atoms with Crippen LogP contribution in [0.15, 0.2) is 18.2 Å². The van der Waals surface area contributed by atoms with Gasteiger partial charge in [-0.3, -0.25) is 0 Å². The van der Waals surface area contributed by atoms with E-state index >= 15 is 0 Å². The number of benzene rings is 1. The standard InChI is InChI=1S/C7H3BClF3.2H2O/c8-4-1-2-6(9)5(3-4)7(10,11)12;;/h1-3H;2*1H2/q+2;;/p-2. The summed E-state index contributed by atoms with van der Waals surface area (Å²) in [5.41, 5.74) is -0.851. The topological polar surface area (TPSA) is 60.0 Å². The zero-order chi connectivity index (χ0) is 9.35. The fourth-order valence-corrected chi connectivity index (χ4v) is 0.985. The molecule has 0 spiro atoms. The molecule has 1 aromatic carbocycles. The van der Waals surface area contributed by atoms with Crippen molar-refractivity contribution in [1.82, 2.24) is 0 Å². The summed E-state index contributed by atoms with van der Waals surface area (Å²) in [5, 5.41) is -0.336. The quantitative estimate of drug-likeness (QED) is 0.631. The summed E-state index contributed by atoms with van der Waals surface area (Å²) in [5.74, 6) is 0. The molecule has 1 aromatic rings. The molecule has 7 heteroatoms. The van der Waals surface area contributed by atoms with Gasteiger partial charge in [0, 0.05) is 0 Å². The maximum absolute atomic E-state index is 12.1. The maximum atomic E-state index is 12.1. The SMILES string of the molecule is [B+2]c1ccc(Cl)c(C(F)(F)F)c1.[OH-].[OH-]. The molecule has 0 aromatic heterocycles. The zero-order valence-electron chi connectivity index (χ0n) is 6.72. The van der Waals surface area contributed by atoms with Gasteiger partial charge in [0.1, 0.15) is 0 Å².